The molecule has 20 heavy (non-hydrogen) atoms. The third-order valence-electron chi connectivity index (χ3n) is 3.18. The number of aliphatic hydroxyl groups excluding tert-OH is 1. The number of alkyl halides is 2. The lowest BCUT2D eigenvalue weighted by atomic mass is 9.97. The minimum atomic E-state index is -2.79. The zero-order chi connectivity index (χ0) is 15.1. The molecule has 4 atom stereocenters. The van der Waals surface area contributed by atoms with Gasteiger partial charge < -0.3 is 14.6 Å². The molecule has 1 aromatic heterocycles. The van der Waals surface area contributed by atoms with E-state index >= 15 is 0 Å². The molecule has 0 spiro atoms. The molecule has 0 saturated carbocycles. The number of H-pyrrole nitrogens is 1. The lowest BCUT2D eigenvalue weighted by molar-refractivity contribution is -0.211. The van der Waals surface area contributed by atoms with Crippen molar-refractivity contribution in [3.05, 3.63) is 33.1 Å². The van der Waals surface area contributed by atoms with E-state index in [0.717, 1.165) is 26.3 Å². The van der Waals surface area contributed by atoms with Crippen LogP contribution in [-0.4, -0.2) is 46.0 Å². The van der Waals surface area contributed by atoms with Gasteiger partial charge in [-0.1, -0.05) is 0 Å². The van der Waals surface area contributed by atoms with Crippen LogP contribution in [-0.2, 0) is 9.47 Å². The summed E-state index contributed by atoms with van der Waals surface area (Å²) in [5.74, 6) is -2.79. The van der Waals surface area contributed by atoms with Crippen molar-refractivity contribution in [1.82, 2.24) is 9.55 Å². The zero-order valence-corrected chi connectivity index (χ0v) is 10.8. The van der Waals surface area contributed by atoms with E-state index in [1.807, 2.05) is 4.98 Å². The molecule has 1 saturated heterocycles. The number of aliphatic hydroxyl groups is 1. The van der Waals surface area contributed by atoms with Crippen LogP contribution in [0, 0.1) is 0 Å². The van der Waals surface area contributed by atoms with Crippen LogP contribution in [0.1, 0.15) is 13.2 Å². The maximum atomic E-state index is 14.5. The lowest BCUT2D eigenvalue weighted by Gasteiger charge is -2.24. The third-order valence-corrected chi connectivity index (χ3v) is 3.18. The molecule has 0 aliphatic carbocycles. The van der Waals surface area contributed by atoms with Gasteiger partial charge in [0.05, 0.1) is 0 Å². The monoisotopic (exact) mass is 292 g/mol. The number of halogens is 2. The van der Waals surface area contributed by atoms with Crippen LogP contribution in [0.4, 0.5) is 8.78 Å². The molecular formula is C11H14F2N2O5. The molecule has 1 fully saturated rings. The number of hydrogen-bond acceptors (Lipinski definition) is 5. The minimum absolute atomic E-state index is 0.668. The van der Waals surface area contributed by atoms with Gasteiger partial charge in [0.25, 0.3) is 11.4 Å². The minimum Gasteiger partial charge on any atom is -0.384 e. The molecule has 2 N–H and O–H groups in total. The van der Waals surface area contributed by atoms with Gasteiger partial charge in [0.1, 0.15) is 6.61 Å². The molecule has 4 unspecified atom stereocenters. The van der Waals surface area contributed by atoms with Gasteiger partial charge in [0, 0.05) is 19.4 Å². The number of rotatable bonds is 3. The zero-order valence-electron chi connectivity index (χ0n) is 10.8. The number of hydrogen-bond donors (Lipinski definition) is 2. The predicted molar refractivity (Wildman–Crippen MR) is 62.7 cm³/mol. The van der Waals surface area contributed by atoms with Crippen LogP contribution in [0.25, 0.3) is 0 Å². The van der Waals surface area contributed by atoms with Crippen LogP contribution in [0.3, 0.4) is 0 Å². The summed E-state index contributed by atoms with van der Waals surface area (Å²) in [6.07, 6.45) is -2.92. The summed E-state index contributed by atoms with van der Waals surface area (Å²) in [5.41, 5.74) is -4.25. The molecule has 0 amide bonds. The second kappa shape index (κ2) is 4.76. The summed E-state index contributed by atoms with van der Waals surface area (Å²) < 4.78 is 38.9. The fraction of sp³-hybridized carbons (Fsp3) is 0.636. The molecule has 0 aromatic carbocycles. The van der Waals surface area contributed by atoms with Crippen molar-refractivity contribution in [2.24, 2.45) is 0 Å². The summed E-state index contributed by atoms with van der Waals surface area (Å²) >= 11 is 0. The Kier molecular flexibility index (Phi) is 3.53. The highest BCUT2D eigenvalue weighted by Crippen LogP contribution is 2.47. The standard InChI is InChI=1S/C11H14F2N2O5/c1-10(12)7(17)11(13,5-19-2)20-8(10)15-4-3-6(16)14-9(15)18/h3-4,7-8,17H,5H2,1-2H3,(H,14,16,18). The van der Waals surface area contributed by atoms with Crippen LogP contribution in [0.15, 0.2) is 21.9 Å². The van der Waals surface area contributed by atoms with Crippen LogP contribution in [0.5, 0.6) is 0 Å². The van der Waals surface area contributed by atoms with Crippen molar-refractivity contribution in [3.63, 3.8) is 0 Å². The Bertz CT molecular complexity index is 613. The van der Waals surface area contributed by atoms with E-state index in [1.165, 1.54) is 0 Å². The fourth-order valence-corrected chi connectivity index (χ4v) is 2.17. The summed E-state index contributed by atoms with van der Waals surface area (Å²) in [6, 6.07) is 0.960. The first-order chi connectivity index (χ1) is 9.22. The SMILES string of the molecule is COCC1(F)OC(n2ccc(=O)[nH]c2=O)C(C)(F)C1O. The number of methoxy groups -OCH3 is 1. The molecule has 9 heteroatoms. The number of nitrogens with zero attached hydrogens (tertiary/aromatic N) is 1. The second-order valence-corrected chi connectivity index (χ2v) is 4.76. The quantitative estimate of drug-likeness (QED) is 0.781. The summed E-state index contributed by atoms with van der Waals surface area (Å²) in [4.78, 5) is 24.5. The third kappa shape index (κ3) is 2.17. The van der Waals surface area contributed by atoms with Crippen LogP contribution >= 0.6 is 0 Å². The van der Waals surface area contributed by atoms with E-state index < -0.39 is 41.7 Å². The highest BCUT2D eigenvalue weighted by molar-refractivity contribution is 5.04. The fourth-order valence-electron chi connectivity index (χ4n) is 2.17. The van der Waals surface area contributed by atoms with E-state index in [1.54, 1.807) is 0 Å². The molecule has 7 nitrogen and oxygen atoms in total. The van der Waals surface area contributed by atoms with Gasteiger partial charge in [-0.05, 0) is 6.92 Å². The Labute approximate surface area is 111 Å². The molecule has 2 rings (SSSR count). The molecule has 2 heterocycles. The topological polar surface area (TPSA) is 93.5 Å². The van der Waals surface area contributed by atoms with E-state index in [4.69, 9.17) is 4.74 Å². The second-order valence-electron chi connectivity index (χ2n) is 4.76. The van der Waals surface area contributed by atoms with Gasteiger partial charge in [-0.25, -0.2) is 13.6 Å². The van der Waals surface area contributed by atoms with E-state index in [9.17, 15) is 23.5 Å². The van der Waals surface area contributed by atoms with Gasteiger partial charge in [0.2, 0.25) is 0 Å². The van der Waals surface area contributed by atoms with Gasteiger partial charge in [-0.3, -0.25) is 14.3 Å². The number of aromatic nitrogens is 2. The molecule has 0 radical (unpaired) electrons. The van der Waals surface area contributed by atoms with Crippen molar-refractivity contribution in [3.8, 4) is 0 Å². The van der Waals surface area contributed by atoms with Crippen LogP contribution in [0.2, 0.25) is 0 Å². The molecule has 1 aromatic rings. The molecule has 1 aliphatic heterocycles. The summed E-state index contributed by atoms with van der Waals surface area (Å²) in [7, 11) is 1.16. The number of ether oxygens (including phenoxy) is 2. The number of nitrogens with one attached hydrogen (secondary N) is 1. The Hall–Kier alpha value is -1.58. The van der Waals surface area contributed by atoms with Gasteiger partial charge in [-0.15, -0.1) is 0 Å². The van der Waals surface area contributed by atoms with Crippen molar-refractivity contribution < 1.29 is 23.4 Å². The Balaban J connectivity index is 2.47. The Morgan fingerprint density at radius 1 is 1.55 bits per heavy atom. The van der Waals surface area contributed by atoms with E-state index in [-0.39, 0.29) is 0 Å². The largest absolute Gasteiger partial charge is 0.384 e. The lowest BCUT2D eigenvalue weighted by Crippen LogP contribution is -2.47. The maximum Gasteiger partial charge on any atom is 0.330 e. The summed E-state index contributed by atoms with van der Waals surface area (Å²) in [6.45, 7) is 0.194. The van der Waals surface area contributed by atoms with Crippen molar-refractivity contribution >= 4 is 0 Å². The first-order valence-corrected chi connectivity index (χ1v) is 5.76. The van der Waals surface area contributed by atoms with Gasteiger partial charge in [-0.2, -0.15) is 0 Å². The first-order valence-electron chi connectivity index (χ1n) is 5.76. The van der Waals surface area contributed by atoms with Crippen LogP contribution < -0.4 is 11.2 Å². The molecular weight excluding hydrogens is 278 g/mol. The van der Waals surface area contributed by atoms with Crippen molar-refractivity contribution in [2.45, 2.75) is 30.8 Å². The summed E-state index contributed by atoms with van der Waals surface area (Å²) in [5, 5.41) is 9.74. The predicted octanol–water partition coefficient (Wildman–Crippen LogP) is -0.533. The normalized spacial score (nSPS) is 37.2. The highest BCUT2D eigenvalue weighted by Gasteiger charge is 2.64. The van der Waals surface area contributed by atoms with Gasteiger partial charge >= 0.3 is 5.69 Å². The molecule has 112 valence electrons. The van der Waals surface area contributed by atoms with E-state index in [2.05, 4.69) is 4.74 Å². The van der Waals surface area contributed by atoms with Crippen molar-refractivity contribution in [2.75, 3.05) is 13.7 Å². The molecule has 1 aliphatic rings. The Morgan fingerprint density at radius 3 is 2.75 bits per heavy atom. The highest BCUT2D eigenvalue weighted by atomic mass is 19.2. The maximum absolute atomic E-state index is 14.5. The van der Waals surface area contributed by atoms with Crippen molar-refractivity contribution in [1.29, 1.82) is 0 Å². The Morgan fingerprint density at radius 2 is 2.20 bits per heavy atom. The molecule has 0 bridgehead atoms. The smallest absolute Gasteiger partial charge is 0.330 e. The first kappa shape index (κ1) is 14.8. The average Bonchev–Trinajstić information content (AvgIpc) is 2.51. The van der Waals surface area contributed by atoms with Gasteiger partial charge in [0.15, 0.2) is 18.0 Å². The average molecular weight is 292 g/mol. The number of aromatic amines is 1. The van der Waals surface area contributed by atoms with E-state index in [0.29, 0.717) is 4.57 Å².